The molecular weight excluding hydrogens is 402 g/mol. The molecule has 166 valence electrons. The van der Waals surface area contributed by atoms with Gasteiger partial charge in [-0.15, -0.1) is 0 Å². The van der Waals surface area contributed by atoms with Crippen LogP contribution in [0, 0.1) is 6.92 Å². The topological polar surface area (TPSA) is 54.8 Å². The number of ether oxygens (including phenoxy) is 1. The van der Waals surface area contributed by atoms with E-state index in [2.05, 4.69) is 17.0 Å². The predicted octanol–water partition coefficient (Wildman–Crippen LogP) is 3.31. The van der Waals surface area contributed by atoms with Crippen LogP contribution in [0.15, 0.2) is 71.7 Å². The summed E-state index contributed by atoms with van der Waals surface area (Å²) in [4.78, 5) is 30.2. The summed E-state index contributed by atoms with van der Waals surface area (Å²) in [5.41, 5.74) is 4.26. The van der Waals surface area contributed by atoms with Gasteiger partial charge in [-0.2, -0.15) is 0 Å². The van der Waals surface area contributed by atoms with Gasteiger partial charge in [0.1, 0.15) is 5.56 Å². The van der Waals surface area contributed by atoms with Crippen molar-refractivity contribution in [1.82, 2.24) is 9.47 Å². The normalized spacial score (nSPS) is 13.8. The molecule has 4 rings (SSSR count). The molecule has 1 aliphatic rings. The number of rotatable bonds is 6. The number of carbonyl (C=O) groups is 1. The third kappa shape index (κ3) is 4.92. The molecule has 0 atom stereocenters. The van der Waals surface area contributed by atoms with E-state index in [1.807, 2.05) is 43.3 Å². The van der Waals surface area contributed by atoms with Crippen LogP contribution in [0.2, 0.25) is 0 Å². The van der Waals surface area contributed by atoms with Gasteiger partial charge in [0.05, 0.1) is 19.8 Å². The van der Waals surface area contributed by atoms with Crippen LogP contribution >= 0.6 is 0 Å². The van der Waals surface area contributed by atoms with Crippen LogP contribution in [0.3, 0.4) is 0 Å². The molecule has 0 saturated carbocycles. The predicted molar refractivity (Wildman–Crippen MR) is 126 cm³/mol. The Hall–Kier alpha value is -3.38. The van der Waals surface area contributed by atoms with Crippen LogP contribution < -0.4 is 10.5 Å². The molecule has 6 nitrogen and oxygen atoms in total. The van der Waals surface area contributed by atoms with E-state index in [-0.39, 0.29) is 17.0 Å². The Bertz CT molecular complexity index is 1150. The van der Waals surface area contributed by atoms with Crippen molar-refractivity contribution in [2.75, 3.05) is 38.3 Å². The van der Waals surface area contributed by atoms with E-state index < -0.39 is 0 Å². The lowest BCUT2D eigenvalue weighted by atomic mass is 10.1. The standard InChI is InChI=1S/C26H29N3O3/c1-20-7-5-8-21(17-20)18-29-12-6-10-23(26(29)31)25(30)27(2)19-22-9-3-4-11-24(22)28-13-15-32-16-14-28/h3-12,17H,13-16,18-19H2,1-2H3. The van der Waals surface area contributed by atoms with Crippen molar-refractivity contribution >= 4 is 11.6 Å². The number of morpholine rings is 1. The van der Waals surface area contributed by atoms with Gasteiger partial charge in [0.2, 0.25) is 0 Å². The first-order valence-electron chi connectivity index (χ1n) is 10.9. The second-order valence-corrected chi connectivity index (χ2v) is 8.23. The zero-order valence-electron chi connectivity index (χ0n) is 18.7. The highest BCUT2D eigenvalue weighted by Gasteiger charge is 2.20. The van der Waals surface area contributed by atoms with Gasteiger partial charge in [0, 0.05) is 38.6 Å². The monoisotopic (exact) mass is 431 g/mol. The van der Waals surface area contributed by atoms with Crippen molar-refractivity contribution in [3.8, 4) is 0 Å². The van der Waals surface area contributed by atoms with Gasteiger partial charge >= 0.3 is 0 Å². The van der Waals surface area contributed by atoms with Gasteiger partial charge in [-0.1, -0.05) is 48.0 Å². The smallest absolute Gasteiger partial charge is 0.263 e. The average molecular weight is 432 g/mol. The van der Waals surface area contributed by atoms with Gasteiger partial charge in [-0.3, -0.25) is 9.59 Å². The second kappa shape index (κ2) is 9.83. The Morgan fingerprint density at radius 2 is 1.81 bits per heavy atom. The van der Waals surface area contributed by atoms with Crippen LogP contribution in [0.1, 0.15) is 27.0 Å². The Kier molecular flexibility index (Phi) is 6.71. The van der Waals surface area contributed by atoms with Crippen LogP contribution in [0.5, 0.6) is 0 Å². The molecule has 1 fully saturated rings. The fourth-order valence-corrected chi connectivity index (χ4v) is 4.12. The lowest BCUT2D eigenvalue weighted by Crippen LogP contribution is -2.38. The number of amides is 1. The molecule has 1 saturated heterocycles. The maximum Gasteiger partial charge on any atom is 0.263 e. The van der Waals surface area contributed by atoms with Crippen molar-refractivity contribution < 1.29 is 9.53 Å². The van der Waals surface area contributed by atoms with Crippen LogP contribution in [0.25, 0.3) is 0 Å². The highest BCUT2D eigenvalue weighted by atomic mass is 16.5. The third-order valence-corrected chi connectivity index (χ3v) is 5.78. The number of aromatic nitrogens is 1. The Labute approximate surface area is 188 Å². The summed E-state index contributed by atoms with van der Waals surface area (Å²) < 4.78 is 7.06. The molecule has 0 bridgehead atoms. The summed E-state index contributed by atoms with van der Waals surface area (Å²) in [6, 6.07) is 19.5. The van der Waals surface area contributed by atoms with Gasteiger partial charge in [-0.05, 0) is 36.2 Å². The molecule has 0 unspecified atom stereocenters. The van der Waals surface area contributed by atoms with E-state index in [4.69, 9.17) is 4.74 Å². The van der Waals surface area contributed by atoms with E-state index in [9.17, 15) is 9.59 Å². The first-order valence-corrected chi connectivity index (χ1v) is 10.9. The maximum absolute atomic E-state index is 13.2. The van der Waals surface area contributed by atoms with Crippen molar-refractivity contribution in [2.45, 2.75) is 20.0 Å². The number of pyridine rings is 1. The minimum atomic E-state index is -0.273. The van der Waals surface area contributed by atoms with E-state index in [0.29, 0.717) is 26.3 Å². The number of benzene rings is 2. The van der Waals surface area contributed by atoms with E-state index in [0.717, 1.165) is 35.5 Å². The molecule has 1 aromatic heterocycles. The van der Waals surface area contributed by atoms with Gasteiger partial charge in [0.25, 0.3) is 11.5 Å². The van der Waals surface area contributed by atoms with Gasteiger partial charge < -0.3 is 19.1 Å². The molecule has 2 heterocycles. The number of nitrogens with zero attached hydrogens (tertiary/aromatic N) is 3. The fraction of sp³-hybridized carbons (Fsp3) is 0.308. The Morgan fingerprint density at radius 3 is 2.59 bits per heavy atom. The first kappa shape index (κ1) is 21.8. The fourth-order valence-electron chi connectivity index (χ4n) is 4.12. The zero-order chi connectivity index (χ0) is 22.5. The SMILES string of the molecule is Cc1cccc(Cn2cccc(C(=O)N(C)Cc3ccccc3N3CCOCC3)c2=O)c1. The van der Waals surface area contributed by atoms with Crippen molar-refractivity contribution in [2.24, 2.45) is 0 Å². The summed E-state index contributed by atoms with van der Waals surface area (Å²) >= 11 is 0. The number of para-hydroxylation sites is 1. The van der Waals surface area contributed by atoms with Crippen molar-refractivity contribution in [3.05, 3.63) is 99.5 Å². The molecular formula is C26H29N3O3. The average Bonchev–Trinajstić information content (AvgIpc) is 2.81. The number of hydrogen-bond donors (Lipinski definition) is 0. The van der Waals surface area contributed by atoms with E-state index >= 15 is 0 Å². The third-order valence-electron chi connectivity index (χ3n) is 5.78. The summed E-state index contributed by atoms with van der Waals surface area (Å²) in [6.07, 6.45) is 1.73. The molecule has 6 heteroatoms. The Balaban J connectivity index is 1.53. The summed E-state index contributed by atoms with van der Waals surface area (Å²) in [5.74, 6) is -0.273. The number of carbonyl (C=O) groups excluding carboxylic acids is 1. The highest BCUT2D eigenvalue weighted by molar-refractivity contribution is 5.93. The summed E-state index contributed by atoms with van der Waals surface area (Å²) in [7, 11) is 1.75. The molecule has 1 aliphatic heterocycles. The van der Waals surface area contributed by atoms with Crippen molar-refractivity contribution in [1.29, 1.82) is 0 Å². The van der Waals surface area contributed by atoms with Crippen LogP contribution in [0.4, 0.5) is 5.69 Å². The van der Waals surface area contributed by atoms with Crippen molar-refractivity contribution in [3.63, 3.8) is 0 Å². The van der Waals surface area contributed by atoms with Gasteiger partial charge in [-0.25, -0.2) is 0 Å². The van der Waals surface area contributed by atoms with E-state index in [1.54, 1.807) is 34.8 Å². The molecule has 0 spiro atoms. The highest BCUT2D eigenvalue weighted by Crippen LogP contribution is 2.23. The minimum absolute atomic E-state index is 0.187. The lowest BCUT2D eigenvalue weighted by Gasteiger charge is -2.31. The largest absolute Gasteiger partial charge is 0.378 e. The molecule has 0 radical (unpaired) electrons. The number of anilines is 1. The second-order valence-electron chi connectivity index (χ2n) is 8.23. The molecule has 32 heavy (non-hydrogen) atoms. The maximum atomic E-state index is 13.2. The minimum Gasteiger partial charge on any atom is -0.378 e. The quantitative estimate of drug-likeness (QED) is 0.601. The zero-order valence-corrected chi connectivity index (χ0v) is 18.7. The first-order chi connectivity index (χ1) is 15.5. The Morgan fingerprint density at radius 1 is 1.03 bits per heavy atom. The van der Waals surface area contributed by atoms with Crippen LogP contribution in [-0.2, 0) is 17.8 Å². The van der Waals surface area contributed by atoms with Crippen LogP contribution in [-0.4, -0.2) is 48.7 Å². The molecule has 1 amide bonds. The summed E-state index contributed by atoms with van der Waals surface area (Å²) in [5, 5.41) is 0. The molecule has 3 aromatic rings. The molecule has 2 aromatic carbocycles. The van der Waals surface area contributed by atoms with Gasteiger partial charge in [0.15, 0.2) is 0 Å². The van der Waals surface area contributed by atoms with E-state index in [1.165, 1.54) is 0 Å². The number of hydrogen-bond acceptors (Lipinski definition) is 4. The number of aryl methyl sites for hydroxylation is 1. The lowest BCUT2D eigenvalue weighted by molar-refractivity contribution is 0.0782. The molecule has 0 N–H and O–H groups in total. The summed E-state index contributed by atoms with van der Waals surface area (Å²) in [6.45, 7) is 5.95. The molecule has 0 aliphatic carbocycles.